The molecule has 5 heteroatoms. The number of aryl methyl sites for hydroxylation is 1. The molecule has 0 N–H and O–H groups in total. The van der Waals surface area contributed by atoms with Crippen molar-refractivity contribution in [3.05, 3.63) is 63.6 Å². The number of halogens is 3. The lowest BCUT2D eigenvalue weighted by molar-refractivity contribution is 0.0981. The maximum absolute atomic E-state index is 13.4. The van der Waals surface area contributed by atoms with E-state index in [2.05, 4.69) is 15.9 Å². The first-order valence-corrected chi connectivity index (χ1v) is 7.12. The van der Waals surface area contributed by atoms with Gasteiger partial charge in [-0.05, 0) is 52.2 Å². The lowest BCUT2D eigenvalue weighted by Crippen LogP contribution is -2.04. The molecule has 2 nitrogen and oxygen atoms in total. The highest BCUT2D eigenvalue weighted by Gasteiger charge is 2.16. The van der Waals surface area contributed by atoms with Crippen LogP contribution in [0.15, 0.2) is 40.9 Å². The van der Waals surface area contributed by atoms with E-state index in [1.54, 1.807) is 7.11 Å². The first-order valence-electron chi connectivity index (χ1n) is 6.32. The zero-order valence-electron chi connectivity index (χ0n) is 11.3. The number of carbonyl (C=O) groups is 1. The predicted octanol–water partition coefficient (Wildman–Crippen LogP) is 4.55. The minimum atomic E-state index is -1.04. The smallest absolute Gasteiger partial charge is 0.173 e. The van der Waals surface area contributed by atoms with Crippen molar-refractivity contribution in [2.75, 3.05) is 7.11 Å². The summed E-state index contributed by atoms with van der Waals surface area (Å²) in [4.78, 5) is 12.1. The van der Waals surface area contributed by atoms with Gasteiger partial charge in [-0.15, -0.1) is 0 Å². The molecule has 0 heterocycles. The van der Waals surface area contributed by atoms with Crippen LogP contribution in [-0.4, -0.2) is 12.9 Å². The van der Waals surface area contributed by atoms with Gasteiger partial charge >= 0.3 is 0 Å². The van der Waals surface area contributed by atoms with Gasteiger partial charge in [0.25, 0.3) is 0 Å². The van der Waals surface area contributed by atoms with Gasteiger partial charge in [-0.2, -0.15) is 0 Å². The first-order chi connectivity index (χ1) is 10.0. The van der Waals surface area contributed by atoms with Crippen molar-refractivity contribution in [1.29, 1.82) is 0 Å². The summed E-state index contributed by atoms with van der Waals surface area (Å²) in [5.41, 5.74) is 1.13. The SMILES string of the molecule is COc1ccc(CCC(=O)c2ccc(F)c(F)c2Br)cc1. The Balaban J connectivity index is 2.06. The Hall–Kier alpha value is -1.75. The zero-order valence-corrected chi connectivity index (χ0v) is 12.9. The van der Waals surface area contributed by atoms with Gasteiger partial charge < -0.3 is 4.74 Å². The molecule has 0 saturated carbocycles. The van der Waals surface area contributed by atoms with Crippen LogP contribution in [0.3, 0.4) is 0 Å². The van der Waals surface area contributed by atoms with Crippen LogP contribution >= 0.6 is 15.9 Å². The maximum Gasteiger partial charge on any atom is 0.173 e. The number of hydrogen-bond donors (Lipinski definition) is 0. The fraction of sp³-hybridized carbons (Fsp3) is 0.188. The molecular weight excluding hydrogens is 342 g/mol. The van der Waals surface area contributed by atoms with Gasteiger partial charge in [-0.1, -0.05) is 12.1 Å². The van der Waals surface area contributed by atoms with Crippen LogP contribution in [0.2, 0.25) is 0 Å². The van der Waals surface area contributed by atoms with Crippen molar-refractivity contribution in [2.45, 2.75) is 12.8 Å². The van der Waals surface area contributed by atoms with Gasteiger partial charge in [0.1, 0.15) is 5.75 Å². The average molecular weight is 355 g/mol. The van der Waals surface area contributed by atoms with Gasteiger partial charge in [0, 0.05) is 12.0 Å². The Bertz CT molecular complexity index is 654. The standard InChI is InChI=1S/C16H13BrF2O2/c1-21-11-5-2-10(3-6-11)4-9-14(20)12-7-8-13(18)16(19)15(12)17/h2-3,5-8H,4,9H2,1H3. The molecule has 0 unspecified atom stereocenters. The lowest BCUT2D eigenvalue weighted by atomic mass is 10.0. The number of benzene rings is 2. The number of ether oxygens (including phenoxy) is 1. The van der Waals surface area contributed by atoms with E-state index < -0.39 is 11.6 Å². The quantitative estimate of drug-likeness (QED) is 0.581. The molecule has 0 aliphatic heterocycles. The molecule has 0 aromatic heterocycles. The second-order valence-electron chi connectivity index (χ2n) is 4.49. The van der Waals surface area contributed by atoms with Crippen molar-refractivity contribution in [2.24, 2.45) is 0 Å². The Labute approximate surface area is 129 Å². The van der Waals surface area contributed by atoms with Crippen LogP contribution in [-0.2, 0) is 6.42 Å². The zero-order chi connectivity index (χ0) is 15.4. The van der Waals surface area contributed by atoms with Crippen molar-refractivity contribution in [1.82, 2.24) is 0 Å². The number of hydrogen-bond acceptors (Lipinski definition) is 2. The normalized spacial score (nSPS) is 10.5. The molecule has 21 heavy (non-hydrogen) atoms. The van der Waals surface area contributed by atoms with Crippen molar-refractivity contribution >= 4 is 21.7 Å². The van der Waals surface area contributed by atoms with Crippen LogP contribution in [0.4, 0.5) is 8.78 Å². The van der Waals surface area contributed by atoms with Crippen LogP contribution in [0.5, 0.6) is 5.75 Å². The molecule has 0 radical (unpaired) electrons. The molecular formula is C16H13BrF2O2. The molecule has 0 saturated heterocycles. The number of Topliss-reactive ketones (excluding diaryl/α,β-unsaturated/α-hetero) is 1. The van der Waals surface area contributed by atoms with Gasteiger partial charge in [-0.25, -0.2) is 8.78 Å². The number of carbonyl (C=O) groups excluding carboxylic acids is 1. The molecule has 0 aliphatic carbocycles. The number of ketones is 1. The number of rotatable bonds is 5. The highest BCUT2D eigenvalue weighted by Crippen LogP contribution is 2.24. The molecule has 2 aromatic rings. The molecule has 2 rings (SSSR count). The van der Waals surface area contributed by atoms with E-state index in [4.69, 9.17) is 4.74 Å². The van der Waals surface area contributed by atoms with E-state index in [0.717, 1.165) is 17.4 Å². The Morgan fingerprint density at radius 3 is 2.43 bits per heavy atom. The van der Waals surface area contributed by atoms with Crippen molar-refractivity contribution in [3.63, 3.8) is 0 Å². The second-order valence-corrected chi connectivity index (χ2v) is 5.29. The van der Waals surface area contributed by atoms with Crippen LogP contribution in [0, 0.1) is 11.6 Å². The lowest BCUT2D eigenvalue weighted by Gasteiger charge is -2.06. The molecule has 0 aliphatic rings. The highest BCUT2D eigenvalue weighted by molar-refractivity contribution is 9.10. The summed E-state index contributed by atoms with van der Waals surface area (Å²) >= 11 is 2.92. The van der Waals surface area contributed by atoms with Gasteiger partial charge in [0.2, 0.25) is 0 Å². The summed E-state index contributed by atoms with van der Waals surface area (Å²) in [5.74, 6) is -1.51. The van der Waals surface area contributed by atoms with E-state index in [-0.39, 0.29) is 22.2 Å². The minimum absolute atomic E-state index is 0.123. The summed E-state index contributed by atoms with van der Waals surface area (Å²) in [6, 6.07) is 9.61. The predicted molar refractivity (Wildman–Crippen MR) is 79.7 cm³/mol. The third-order valence-electron chi connectivity index (χ3n) is 3.14. The van der Waals surface area contributed by atoms with Crippen LogP contribution < -0.4 is 4.74 Å². The van der Waals surface area contributed by atoms with E-state index in [1.165, 1.54) is 6.07 Å². The minimum Gasteiger partial charge on any atom is -0.497 e. The first kappa shape index (κ1) is 15.6. The molecule has 0 bridgehead atoms. The Kier molecular flexibility index (Phi) is 5.07. The summed E-state index contributed by atoms with van der Waals surface area (Å²) in [6.07, 6.45) is 0.740. The van der Waals surface area contributed by atoms with Crippen LogP contribution in [0.1, 0.15) is 22.3 Å². The molecule has 2 aromatic carbocycles. The monoisotopic (exact) mass is 354 g/mol. The van der Waals surface area contributed by atoms with Gasteiger partial charge in [0.15, 0.2) is 17.4 Å². The summed E-state index contributed by atoms with van der Waals surface area (Å²) in [6.45, 7) is 0. The average Bonchev–Trinajstić information content (AvgIpc) is 2.51. The van der Waals surface area contributed by atoms with E-state index in [9.17, 15) is 13.6 Å². The molecule has 110 valence electrons. The summed E-state index contributed by atoms with van der Waals surface area (Å²) in [5, 5.41) is 0. The van der Waals surface area contributed by atoms with E-state index in [0.29, 0.717) is 6.42 Å². The Morgan fingerprint density at radius 1 is 1.14 bits per heavy atom. The van der Waals surface area contributed by atoms with Gasteiger partial charge in [-0.3, -0.25) is 4.79 Å². The van der Waals surface area contributed by atoms with Crippen LogP contribution in [0.25, 0.3) is 0 Å². The summed E-state index contributed by atoms with van der Waals surface area (Å²) < 4.78 is 31.4. The number of methoxy groups -OCH3 is 1. The third-order valence-corrected chi connectivity index (χ3v) is 3.91. The maximum atomic E-state index is 13.4. The highest BCUT2D eigenvalue weighted by atomic mass is 79.9. The summed E-state index contributed by atoms with van der Waals surface area (Å²) in [7, 11) is 1.58. The molecule has 0 atom stereocenters. The van der Waals surface area contributed by atoms with Crippen molar-refractivity contribution < 1.29 is 18.3 Å². The largest absolute Gasteiger partial charge is 0.497 e. The van der Waals surface area contributed by atoms with E-state index >= 15 is 0 Å². The fourth-order valence-electron chi connectivity index (χ4n) is 1.93. The van der Waals surface area contributed by atoms with E-state index in [1.807, 2.05) is 24.3 Å². The Morgan fingerprint density at radius 2 is 1.81 bits per heavy atom. The van der Waals surface area contributed by atoms with Crippen molar-refractivity contribution in [3.8, 4) is 5.75 Å². The third kappa shape index (κ3) is 3.67. The molecule has 0 spiro atoms. The molecule has 0 fully saturated rings. The fourth-order valence-corrected chi connectivity index (χ4v) is 2.47. The molecule has 0 amide bonds. The second kappa shape index (κ2) is 6.80. The topological polar surface area (TPSA) is 26.3 Å². The van der Waals surface area contributed by atoms with Gasteiger partial charge in [0.05, 0.1) is 11.6 Å².